The van der Waals surface area contributed by atoms with Crippen LogP contribution in [-0.4, -0.2) is 66.7 Å². The summed E-state index contributed by atoms with van der Waals surface area (Å²) in [5.74, 6) is -1.58. The number of amides is 1. The molecule has 1 rings (SSSR count). The van der Waals surface area contributed by atoms with Crippen LogP contribution in [0.25, 0.3) is 0 Å². The van der Waals surface area contributed by atoms with Crippen LogP contribution in [0.3, 0.4) is 0 Å². The van der Waals surface area contributed by atoms with Crippen LogP contribution in [0.15, 0.2) is 0 Å². The van der Waals surface area contributed by atoms with Crippen LogP contribution in [0.1, 0.15) is 26.2 Å². The number of likely N-dealkylation sites (N-methyl/N-ethyl adjacent to an activating group) is 2. The normalized spacial score (nSPS) is 20.9. The van der Waals surface area contributed by atoms with E-state index in [1.54, 1.807) is 6.92 Å². The Morgan fingerprint density at radius 2 is 2.05 bits per heavy atom. The first-order valence-electron chi connectivity index (χ1n) is 6.54. The molecule has 1 unspecified atom stereocenters. The second kappa shape index (κ2) is 7.00. The number of aliphatic carboxylic acids is 1. The average molecular weight is 307 g/mol. The number of hydrogen-bond donors (Lipinski definition) is 2. The van der Waals surface area contributed by atoms with Crippen molar-refractivity contribution in [1.82, 2.24) is 13.9 Å². The number of nitrogens with zero attached hydrogens (tertiary/aromatic N) is 2. The third-order valence-electron chi connectivity index (χ3n) is 3.31. The van der Waals surface area contributed by atoms with Gasteiger partial charge in [0, 0.05) is 20.1 Å². The van der Waals surface area contributed by atoms with Gasteiger partial charge in [-0.3, -0.25) is 9.59 Å². The standard InChI is InChI=1S/C11H21N3O5S/c1-3-13(8-10(15)12-2)20(18,19)14-7-5-4-6-9(14)11(16)17/h9H,3-8H2,1-2H3,(H,12,15)(H,16,17). The molecule has 8 nitrogen and oxygen atoms in total. The average Bonchev–Trinajstić information content (AvgIpc) is 2.44. The van der Waals surface area contributed by atoms with Crippen molar-refractivity contribution in [2.75, 3.05) is 26.7 Å². The van der Waals surface area contributed by atoms with Gasteiger partial charge >= 0.3 is 5.97 Å². The van der Waals surface area contributed by atoms with Gasteiger partial charge in [-0.1, -0.05) is 6.92 Å². The van der Waals surface area contributed by atoms with Crippen LogP contribution in [0.2, 0.25) is 0 Å². The van der Waals surface area contributed by atoms with Gasteiger partial charge in [0.1, 0.15) is 6.04 Å². The molecule has 1 heterocycles. The smallest absolute Gasteiger partial charge is 0.322 e. The molecule has 0 aromatic carbocycles. The third kappa shape index (κ3) is 3.68. The zero-order valence-corrected chi connectivity index (χ0v) is 12.5. The molecule has 0 spiro atoms. The summed E-state index contributed by atoms with van der Waals surface area (Å²) in [7, 11) is -2.53. The minimum atomic E-state index is -3.95. The molecule has 0 bridgehead atoms. The Labute approximate surface area is 118 Å². The van der Waals surface area contributed by atoms with Gasteiger partial charge in [-0.15, -0.1) is 0 Å². The Hall–Kier alpha value is -1.19. The molecule has 0 aromatic rings. The molecule has 1 atom stereocenters. The molecule has 1 aliphatic heterocycles. The van der Waals surface area contributed by atoms with Crippen molar-refractivity contribution in [3.8, 4) is 0 Å². The van der Waals surface area contributed by atoms with Crippen LogP contribution in [0.4, 0.5) is 0 Å². The summed E-state index contributed by atoms with van der Waals surface area (Å²) in [4.78, 5) is 22.6. The Balaban J connectivity index is 2.98. The maximum Gasteiger partial charge on any atom is 0.322 e. The number of nitrogens with one attached hydrogen (secondary N) is 1. The monoisotopic (exact) mass is 307 g/mol. The fraction of sp³-hybridized carbons (Fsp3) is 0.818. The maximum atomic E-state index is 12.5. The molecule has 0 aromatic heterocycles. The number of hydrogen-bond acceptors (Lipinski definition) is 4. The van der Waals surface area contributed by atoms with Crippen molar-refractivity contribution in [2.24, 2.45) is 0 Å². The number of carbonyl (C=O) groups excluding carboxylic acids is 1. The van der Waals surface area contributed by atoms with E-state index in [0.29, 0.717) is 19.3 Å². The van der Waals surface area contributed by atoms with Gasteiger partial charge in [-0.25, -0.2) is 0 Å². The molecule has 9 heteroatoms. The molecule has 2 N–H and O–H groups in total. The van der Waals surface area contributed by atoms with Gasteiger partial charge in [-0.05, 0) is 19.3 Å². The molecular weight excluding hydrogens is 286 g/mol. The molecule has 1 aliphatic rings. The summed E-state index contributed by atoms with van der Waals surface area (Å²) in [6.07, 6.45) is 1.61. The van der Waals surface area contributed by atoms with Crippen molar-refractivity contribution >= 4 is 22.1 Å². The topological polar surface area (TPSA) is 107 Å². The second-order valence-electron chi connectivity index (χ2n) is 4.57. The van der Waals surface area contributed by atoms with Crippen molar-refractivity contribution in [1.29, 1.82) is 0 Å². The summed E-state index contributed by atoms with van der Waals surface area (Å²) < 4.78 is 27.0. The summed E-state index contributed by atoms with van der Waals surface area (Å²) >= 11 is 0. The lowest BCUT2D eigenvalue weighted by molar-refractivity contribution is -0.142. The van der Waals surface area contributed by atoms with E-state index in [4.69, 9.17) is 5.11 Å². The van der Waals surface area contributed by atoms with Crippen molar-refractivity contribution in [2.45, 2.75) is 32.2 Å². The summed E-state index contributed by atoms with van der Waals surface area (Å²) in [6.45, 7) is 1.58. The zero-order valence-electron chi connectivity index (χ0n) is 11.7. The largest absolute Gasteiger partial charge is 0.480 e. The van der Waals surface area contributed by atoms with E-state index >= 15 is 0 Å². The minimum Gasteiger partial charge on any atom is -0.480 e. The Morgan fingerprint density at radius 1 is 1.40 bits per heavy atom. The minimum absolute atomic E-state index is 0.110. The molecule has 20 heavy (non-hydrogen) atoms. The first-order valence-corrected chi connectivity index (χ1v) is 7.94. The van der Waals surface area contributed by atoms with Gasteiger partial charge in [0.25, 0.3) is 10.2 Å². The molecular formula is C11H21N3O5S. The van der Waals surface area contributed by atoms with Crippen LogP contribution >= 0.6 is 0 Å². The SMILES string of the molecule is CCN(CC(=O)NC)S(=O)(=O)N1CCCCC1C(=O)O. The van der Waals surface area contributed by atoms with Gasteiger partial charge in [0.15, 0.2) is 0 Å². The summed E-state index contributed by atoms with van der Waals surface area (Å²) in [6, 6.07) is -1.05. The van der Waals surface area contributed by atoms with Crippen molar-refractivity contribution < 1.29 is 23.1 Å². The van der Waals surface area contributed by atoms with Crippen molar-refractivity contribution in [3.63, 3.8) is 0 Å². The quantitative estimate of drug-likeness (QED) is 0.670. The number of carboxylic acid groups (broad SMARTS) is 1. The highest BCUT2D eigenvalue weighted by Crippen LogP contribution is 2.22. The van der Waals surface area contributed by atoms with E-state index in [1.165, 1.54) is 7.05 Å². The van der Waals surface area contributed by atoms with Crippen molar-refractivity contribution in [3.05, 3.63) is 0 Å². The van der Waals surface area contributed by atoms with Crippen LogP contribution in [0, 0.1) is 0 Å². The molecule has 116 valence electrons. The highest BCUT2D eigenvalue weighted by molar-refractivity contribution is 7.86. The lowest BCUT2D eigenvalue weighted by atomic mass is 10.1. The first kappa shape index (κ1) is 16.9. The first-order chi connectivity index (χ1) is 9.34. The van der Waals surface area contributed by atoms with E-state index in [1.807, 2.05) is 0 Å². The second-order valence-corrected chi connectivity index (χ2v) is 6.45. The maximum absolute atomic E-state index is 12.5. The number of carbonyl (C=O) groups is 2. The van der Waals surface area contributed by atoms with E-state index in [2.05, 4.69) is 5.32 Å². The van der Waals surface area contributed by atoms with E-state index in [-0.39, 0.29) is 19.6 Å². The fourth-order valence-corrected chi connectivity index (χ4v) is 3.95. The Morgan fingerprint density at radius 3 is 2.55 bits per heavy atom. The molecule has 1 fully saturated rings. The summed E-state index contributed by atoms with van der Waals surface area (Å²) in [5, 5.41) is 11.5. The van der Waals surface area contributed by atoms with Crippen LogP contribution in [-0.2, 0) is 19.8 Å². The van der Waals surface area contributed by atoms with Gasteiger partial charge in [-0.2, -0.15) is 17.0 Å². The predicted molar refractivity (Wildman–Crippen MR) is 72.2 cm³/mol. The lowest BCUT2D eigenvalue weighted by Gasteiger charge is -2.35. The van der Waals surface area contributed by atoms with Gasteiger partial charge in [0.05, 0.1) is 6.54 Å². The molecule has 0 aliphatic carbocycles. The Kier molecular flexibility index (Phi) is 5.90. The van der Waals surface area contributed by atoms with Crippen LogP contribution < -0.4 is 5.32 Å². The molecule has 0 radical (unpaired) electrons. The fourth-order valence-electron chi connectivity index (χ4n) is 2.17. The molecule has 1 amide bonds. The molecule has 0 saturated carbocycles. The highest BCUT2D eigenvalue weighted by atomic mass is 32.2. The highest BCUT2D eigenvalue weighted by Gasteiger charge is 2.39. The number of rotatable bonds is 6. The zero-order chi connectivity index (χ0) is 15.3. The Bertz CT molecular complexity index is 465. The van der Waals surface area contributed by atoms with Gasteiger partial charge < -0.3 is 10.4 Å². The third-order valence-corrected chi connectivity index (χ3v) is 5.38. The number of carboxylic acids is 1. The number of piperidine rings is 1. The van der Waals surface area contributed by atoms with Crippen LogP contribution in [0.5, 0.6) is 0 Å². The van der Waals surface area contributed by atoms with E-state index < -0.39 is 28.1 Å². The predicted octanol–water partition coefficient (Wildman–Crippen LogP) is -0.762. The summed E-state index contributed by atoms with van der Waals surface area (Å²) in [5.41, 5.74) is 0. The van der Waals surface area contributed by atoms with Gasteiger partial charge in [0.2, 0.25) is 5.91 Å². The molecule has 1 saturated heterocycles. The lowest BCUT2D eigenvalue weighted by Crippen LogP contribution is -2.54. The van der Waals surface area contributed by atoms with E-state index in [0.717, 1.165) is 8.61 Å². The van der Waals surface area contributed by atoms with E-state index in [9.17, 15) is 18.0 Å².